The van der Waals surface area contributed by atoms with Crippen LogP contribution in [-0.2, 0) is 0 Å². The third kappa shape index (κ3) is 2.13. The number of anilines is 1. The van der Waals surface area contributed by atoms with E-state index in [1.165, 1.54) is 12.1 Å². The van der Waals surface area contributed by atoms with Gasteiger partial charge < -0.3 is 19.7 Å². The first-order valence-electron chi connectivity index (χ1n) is 6.12. The SMILES string of the molecule is FC1(F)Oc2ccc(N3CCNCC3)cc2OC1(F)F. The second-order valence-corrected chi connectivity index (χ2v) is 4.61. The van der Waals surface area contributed by atoms with Gasteiger partial charge in [-0.15, -0.1) is 0 Å². The molecule has 0 aromatic heterocycles. The minimum Gasteiger partial charge on any atom is -0.421 e. The van der Waals surface area contributed by atoms with E-state index in [4.69, 9.17) is 0 Å². The average molecular weight is 292 g/mol. The second-order valence-electron chi connectivity index (χ2n) is 4.61. The van der Waals surface area contributed by atoms with Crippen molar-refractivity contribution in [2.45, 2.75) is 12.2 Å². The maximum Gasteiger partial charge on any atom is 0.507 e. The van der Waals surface area contributed by atoms with E-state index in [1.54, 1.807) is 6.07 Å². The fourth-order valence-corrected chi connectivity index (χ4v) is 2.18. The van der Waals surface area contributed by atoms with Gasteiger partial charge in [-0.2, -0.15) is 17.6 Å². The highest BCUT2D eigenvalue weighted by molar-refractivity contribution is 5.57. The van der Waals surface area contributed by atoms with Crippen molar-refractivity contribution in [3.8, 4) is 11.5 Å². The molecule has 0 unspecified atom stereocenters. The number of benzene rings is 1. The first kappa shape index (κ1) is 13.3. The molecule has 0 radical (unpaired) electrons. The lowest BCUT2D eigenvalue weighted by Crippen LogP contribution is -2.52. The van der Waals surface area contributed by atoms with E-state index in [-0.39, 0.29) is 11.5 Å². The Morgan fingerprint density at radius 1 is 0.950 bits per heavy atom. The van der Waals surface area contributed by atoms with Crippen molar-refractivity contribution in [3.05, 3.63) is 18.2 Å². The summed E-state index contributed by atoms with van der Waals surface area (Å²) in [5, 5.41) is 3.15. The molecule has 3 rings (SSSR count). The molecule has 20 heavy (non-hydrogen) atoms. The van der Waals surface area contributed by atoms with Gasteiger partial charge in [0.1, 0.15) is 0 Å². The first-order chi connectivity index (χ1) is 9.39. The summed E-state index contributed by atoms with van der Waals surface area (Å²) in [6.07, 6.45) is -9.35. The van der Waals surface area contributed by atoms with Gasteiger partial charge in [0.2, 0.25) is 0 Å². The predicted molar refractivity (Wildman–Crippen MR) is 62.7 cm³/mol. The maximum atomic E-state index is 13.1. The van der Waals surface area contributed by atoms with Crippen molar-refractivity contribution < 1.29 is 27.0 Å². The summed E-state index contributed by atoms with van der Waals surface area (Å²) in [5.74, 6) is -0.767. The summed E-state index contributed by atoms with van der Waals surface area (Å²) in [7, 11) is 0. The minimum atomic E-state index is -4.68. The lowest BCUT2D eigenvalue weighted by Gasteiger charge is -2.34. The smallest absolute Gasteiger partial charge is 0.421 e. The van der Waals surface area contributed by atoms with E-state index < -0.39 is 12.2 Å². The summed E-state index contributed by atoms with van der Waals surface area (Å²) in [6, 6.07) is 4.06. The highest BCUT2D eigenvalue weighted by atomic mass is 19.3. The monoisotopic (exact) mass is 292 g/mol. The third-order valence-electron chi connectivity index (χ3n) is 3.22. The molecule has 0 amide bonds. The molecule has 1 aromatic carbocycles. The standard InChI is InChI=1S/C12H12F4N2O2/c13-11(14)12(15,16)20-10-7-8(1-2-9(10)19-11)18-5-3-17-4-6-18/h1-2,7,17H,3-6H2. The van der Waals surface area contributed by atoms with Crippen LogP contribution in [0.1, 0.15) is 0 Å². The Labute approximate surface area is 112 Å². The van der Waals surface area contributed by atoms with Crippen molar-refractivity contribution in [1.29, 1.82) is 0 Å². The van der Waals surface area contributed by atoms with E-state index in [1.807, 2.05) is 4.90 Å². The fourth-order valence-electron chi connectivity index (χ4n) is 2.18. The molecular weight excluding hydrogens is 280 g/mol. The highest BCUT2D eigenvalue weighted by Crippen LogP contribution is 2.47. The quantitative estimate of drug-likeness (QED) is 0.803. The predicted octanol–water partition coefficient (Wildman–Crippen LogP) is 2.05. The number of piperazine rings is 1. The van der Waals surface area contributed by atoms with Gasteiger partial charge in [-0.05, 0) is 12.1 Å². The van der Waals surface area contributed by atoms with Crippen molar-refractivity contribution in [1.82, 2.24) is 5.32 Å². The summed E-state index contributed by atoms with van der Waals surface area (Å²) >= 11 is 0. The molecule has 4 nitrogen and oxygen atoms in total. The number of nitrogens with zero attached hydrogens (tertiary/aromatic N) is 1. The third-order valence-corrected chi connectivity index (χ3v) is 3.22. The molecule has 0 bridgehead atoms. The van der Waals surface area contributed by atoms with E-state index in [2.05, 4.69) is 14.8 Å². The maximum absolute atomic E-state index is 13.1. The van der Waals surface area contributed by atoms with E-state index in [9.17, 15) is 17.6 Å². The van der Waals surface area contributed by atoms with Crippen LogP contribution in [0.4, 0.5) is 23.2 Å². The Morgan fingerprint density at radius 2 is 1.55 bits per heavy atom. The van der Waals surface area contributed by atoms with Crippen LogP contribution in [0.15, 0.2) is 18.2 Å². The zero-order chi connectivity index (χ0) is 14.4. The van der Waals surface area contributed by atoms with Crippen LogP contribution in [0.25, 0.3) is 0 Å². The number of halogens is 4. The van der Waals surface area contributed by atoms with Crippen molar-refractivity contribution in [3.63, 3.8) is 0 Å². The Hall–Kier alpha value is -1.70. The van der Waals surface area contributed by atoms with Crippen LogP contribution >= 0.6 is 0 Å². The van der Waals surface area contributed by atoms with Gasteiger partial charge in [0.05, 0.1) is 0 Å². The first-order valence-corrected chi connectivity index (χ1v) is 6.12. The zero-order valence-corrected chi connectivity index (χ0v) is 10.3. The lowest BCUT2D eigenvalue weighted by molar-refractivity contribution is -0.391. The Kier molecular flexibility index (Phi) is 2.93. The summed E-state index contributed by atoms with van der Waals surface area (Å²) in [5.41, 5.74) is 0.634. The summed E-state index contributed by atoms with van der Waals surface area (Å²) < 4.78 is 60.4. The molecule has 0 saturated carbocycles. The molecule has 1 fully saturated rings. The van der Waals surface area contributed by atoms with Gasteiger partial charge in [0.15, 0.2) is 11.5 Å². The van der Waals surface area contributed by atoms with Crippen LogP contribution in [-0.4, -0.2) is 38.4 Å². The second kappa shape index (κ2) is 4.41. The van der Waals surface area contributed by atoms with Gasteiger partial charge in [0.25, 0.3) is 0 Å². The van der Waals surface area contributed by atoms with Gasteiger partial charge in [0, 0.05) is 37.9 Å². The van der Waals surface area contributed by atoms with E-state index >= 15 is 0 Å². The highest BCUT2D eigenvalue weighted by Gasteiger charge is 2.65. The normalized spacial score (nSPS) is 23.5. The molecular formula is C12H12F4N2O2. The Bertz CT molecular complexity index is 518. The minimum absolute atomic E-state index is 0.378. The lowest BCUT2D eigenvalue weighted by atomic mass is 10.2. The topological polar surface area (TPSA) is 33.7 Å². The van der Waals surface area contributed by atoms with E-state index in [0.29, 0.717) is 18.8 Å². The van der Waals surface area contributed by atoms with Gasteiger partial charge >= 0.3 is 12.2 Å². The number of alkyl halides is 4. The van der Waals surface area contributed by atoms with Crippen molar-refractivity contribution >= 4 is 5.69 Å². The van der Waals surface area contributed by atoms with Crippen molar-refractivity contribution in [2.24, 2.45) is 0 Å². The van der Waals surface area contributed by atoms with Gasteiger partial charge in [-0.3, -0.25) is 0 Å². The molecule has 1 aromatic rings. The number of hydrogen-bond acceptors (Lipinski definition) is 4. The largest absolute Gasteiger partial charge is 0.507 e. The molecule has 2 aliphatic heterocycles. The van der Waals surface area contributed by atoms with Crippen LogP contribution in [0.2, 0.25) is 0 Å². The average Bonchev–Trinajstić information content (AvgIpc) is 2.40. The number of hydrogen-bond donors (Lipinski definition) is 1. The van der Waals surface area contributed by atoms with Crippen LogP contribution in [0.5, 0.6) is 11.5 Å². The van der Waals surface area contributed by atoms with Crippen LogP contribution in [0.3, 0.4) is 0 Å². The van der Waals surface area contributed by atoms with Crippen LogP contribution in [0, 0.1) is 0 Å². The molecule has 1 saturated heterocycles. The molecule has 1 N–H and O–H groups in total. The molecule has 2 heterocycles. The molecule has 0 aliphatic carbocycles. The zero-order valence-electron chi connectivity index (χ0n) is 10.3. The Balaban J connectivity index is 1.90. The number of rotatable bonds is 1. The number of nitrogens with one attached hydrogen (secondary N) is 1. The summed E-state index contributed by atoms with van der Waals surface area (Å²) in [4.78, 5) is 1.95. The van der Waals surface area contributed by atoms with Gasteiger partial charge in [-0.25, -0.2) is 0 Å². The summed E-state index contributed by atoms with van der Waals surface area (Å²) in [6.45, 7) is 2.93. The number of ether oxygens (including phenoxy) is 2. The van der Waals surface area contributed by atoms with Crippen LogP contribution < -0.4 is 19.7 Å². The molecule has 0 spiro atoms. The van der Waals surface area contributed by atoms with E-state index in [0.717, 1.165) is 13.1 Å². The fraction of sp³-hybridized carbons (Fsp3) is 0.500. The Morgan fingerprint density at radius 3 is 2.20 bits per heavy atom. The van der Waals surface area contributed by atoms with Crippen molar-refractivity contribution in [2.75, 3.05) is 31.1 Å². The molecule has 0 atom stereocenters. The number of fused-ring (bicyclic) bond motifs is 1. The molecule has 2 aliphatic rings. The molecule has 110 valence electrons. The molecule has 8 heteroatoms. The van der Waals surface area contributed by atoms with Gasteiger partial charge in [-0.1, -0.05) is 0 Å².